The van der Waals surface area contributed by atoms with Crippen molar-refractivity contribution in [2.45, 2.75) is 41.0 Å². The molecular weight excluding hydrogens is 199 g/mol. The molecule has 0 aromatic rings. The van der Waals surface area contributed by atoms with E-state index in [-0.39, 0.29) is 0 Å². The molecule has 0 spiro atoms. The van der Waals surface area contributed by atoms with E-state index in [0.29, 0.717) is 7.18 Å². The summed E-state index contributed by atoms with van der Waals surface area (Å²) >= 11 is 0. The van der Waals surface area contributed by atoms with Gasteiger partial charge in [-0.2, -0.15) is 0 Å². The van der Waals surface area contributed by atoms with Crippen molar-refractivity contribution in [3.8, 4) is 11.8 Å². The van der Waals surface area contributed by atoms with E-state index in [1.807, 2.05) is 26.8 Å². The molecule has 0 aliphatic carbocycles. The molecule has 0 N–H and O–H groups in total. The van der Waals surface area contributed by atoms with E-state index in [4.69, 9.17) is 0 Å². The van der Waals surface area contributed by atoms with Gasteiger partial charge in [0, 0.05) is 5.57 Å². The summed E-state index contributed by atoms with van der Waals surface area (Å²) in [6.07, 6.45) is 6.85. The molecule has 0 aliphatic rings. The van der Waals surface area contributed by atoms with Gasteiger partial charge in [0.25, 0.3) is 0 Å². The standard InChI is InChI=1S/C12H16.C2H6.CH3F/c1-5-8-12(9-6-2)10-11(4)7-3;2*1-2/h5,8,10H,1,7H2,2-4H3;1-2H3;1H3/b11-10+,12-8-;;. The summed E-state index contributed by atoms with van der Waals surface area (Å²) in [4.78, 5) is 0. The van der Waals surface area contributed by atoms with E-state index in [0.717, 1.165) is 12.0 Å². The molecule has 0 saturated heterocycles. The second-order valence-electron chi connectivity index (χ2n) is 2.58. The fourth-order valence-corrected chi connectivity index (χ4v) is 0.765. The second-order valence-corrected chi connectivity index (χ2v) is 2.58. The molecular formula is C15H25F. The summed E-state index contributed by atoms with van der Waals surface area (Å²) in [5.74, 6) is 5.88. The van der Waals surface area contributed by atoms with E-state index < -0.39 is 0 Å². The van der Waals surface area contributed by atoms with E-state index >= 15 is 0 Å². The fraction of sp³-hybridized carbons (Fsp3) is 0.467. The highest BCUT2D eigenvalue weighted by Gasteiger charge is 1.86. The van der Waals surface area contributed by atoms with E-state index in [1.54, 1.807) is 6.08 Å². The van der Waals surface area contributed by atoms with Crippen molar-refractivity contribution in [1.82, 2.24) is 0 Å². The number of halogens is 1. The van der Waals surface area contributed by atoms with Gasteiger partial charge in [-0.1, -0.05) is 44.9 Å². The summed E-state index contributed by atoms with van der Waals surface area (Å²) in [6.45, 7) is 13.7. The lowest BCUT2D eigenvalue weighted by Gasteiger charge is -1.93. The van der Waals surface area contributed by atoms with Crippen LogP contribution >= 0.6 is 0 Å². The molecule has 0 saturated carbocycles. The van der Waals surface area contributed by atoms with Crippen molar-refractivity contribution >= 4 is 0 Å². The minimum atomic E-state index is 0.500. The molecule has 0 fully saturated rings. The molecule has 0 atom stereocenters. The first-order valence-electron chi connectivity index (χ1n) is 5.55. The maximum atomic E-state index is 9.50. The average molecular weight is 224 g/mol. The van der Waals surface area contributed by atoms with Gasteiger partial charge in [0.1, 0.15) is 0 Å². The zero-order valence-electron chi connectivity index (χ0n) is 11.5. The smallest absolute Gasteiger partial charge is 0.0785 e. The van der Waals surface area contributed by atoms with Crippen LogP contribution in [0.1, 0.15) is 41.0 Å². The van der Waals surface area contributed by atoms with Crippen molar-refractivity contribution < 1.29 is 4.39 Å². The molecule has 0 rings (SSSR count). The first kappa shape index (κ1) is 20.2. The lowest BCUT2D eigenvalue weighted by atomic mass is 10.1. The Morgan fingerprint density at radius 3 is 2.12 bits per heavy atom. The van der Waals surface area contributed by atoms with E-state index in [2.05, 4.69) is 38.3 Å². The molecule has 1 heteroatoms. The van der Waals surface area contributed by atoms with Gasteiger partial charge in [-0.25, -0.2) is 0 Å². The predicted octanol–water partition coefficient (Wildman–Crippen LogP) is 5.09. The van der Waals surface area contributed by atoms with Crippen LogP contribution in [-0.4, -0.2) is 7.18 Å². The van der Waals surface area contributed by atoms with Crippen LogP contribution in [0.2, 0.25) is 0 Å². The molecule has 0 aliphatic heterocycles. The first-order chi connectivity index (χ1) is 7.74. The van der Waals surface area contributed by atoms with Crippen molar-refractivity contribution in [2.75, 3.05) is 7.18 Å². The lowest BCUT2D eigenvalue weighted by Crippen LogP contribution is -1.76. The molecule has 0 bridgehead atoms. The Morgan fingerprint density at radius 1 is 1.31 bits per heavy atom. The van der Waals surface area contributed by atoms with Crippen molar-refractivity contribution in [3.05, 3.63) is 36.0 Å². The van der Waals surface area contributed by atoms with Crippen LogP contribution in [-0.2, 0) is 0 Å². The van der Waals surface area contributed by atoms with Crippen LogP contribution in [0.5, 0.6) is 0 Å². The molecule has 0 nitrogen and oxygen atoms in total. The van der Waals surface area contributed by atoms with Crippen molar-refractivity contribution in [2.24, 2.45) is 0 Å². The summed E-state index contributed by atoms with van der Waals surface area (Å²) in [5, 5.41) is 0. The number of hydrogen-bond acceptors (Lipinski definition) is 0. The summed E-state index contributed by atoms with van der Waals surface area (Å²) in [7, 11) is 0.500. The van der Waals surface area contributed by atoms with Gasteiger partial charge in [-0.3, -0.25) is 4.39 Å². The summed E-state index contributed by atoms with van der Waals surface area (Å²) < 4.78 is 9.50. The zero-order chi connectivity index (χ0) is 13.4. The van der Waals surface area contributed by atoms with E-state index in [1.165, 1.54) is 5.57 Å². The molecule has 0 unspecified atom stereocenters. The first-order valence-corrected chi connectivity index (χ1v) is 5.55. The third-order valence-electron chi connectivity index (χ3n) is 1.53. The second kappa shape index (κ2) is 19.3. The van der Waals surface area contributed by atoms with Crippen LogP contribution in [0.15, 0.2) is 36.0 Å². The highest BCUT2D eigenvalue weighted by molar-refractivity contribution is 5.41. The Morgan fingerprint density at radius 2 is 1.81 bits per heavy atom. The highest BCUT2D eigenvalue weighted by Crippen LogP contribution is 2.04. The highest BCUT2D eigenvalue weighted by atomic mass is 19.1. The third kappa shape index (κ3) is 15.2. The quantitative estimate of drug-likeness (QED) is 0.462. The zero-order valence-corrected chi connectivity index (χ0v) is 11.5. The largest absolute Gasteiger partial charge is 0.255 e. The van der Waals surface area contributed by atoms with Gasteiger partial charge < -0.3 is 0 Å². The molecule has 0 aromatic heterocycles. The Labute approximate surface area is 101 Å². The van der Waals surface area contributed by atoms with Crippen molar-refractivity contribution in [1.29, 1.82) is 0 Å². The minimum absolute atomic E-state index is 0.500. The Hall–Kier alpha value is -1.29. The maximum Gasteiger partial charge on any atom is 0.0785 e. The van der Waals surface area contributed by atoms with Crippen LogP contribution in [0.25, 0.3) is 0 Å². The van der Waals surface area contributed by atoms with Crippen LogP contribution in [0.4, 0.5) is 4.39 Å². The van der Waals surface area contributed by atoms with E-state index in [9.17, 15) is 4.39 Å². The third-order valence-corrected chi connectivity index (χ3v) is 1.53. The lowest BCUT2D eigenvalue weighted by molar-refractivity contribution is 0.636. The molecule has 0 heterocycles. The van der Waals surface area contributed by atoms with Gasteiger partial charge in [0.05, 0.1) is 7.18 Å². The van der Waals surface area contributed by atoms with Gasteiger partial charge in [-0.05, 0) is 32.4 Å². The van der Waals surface area contributed by atoms with Gasteiger partial charge >= 0.3 is 0 Å². The Kier molecular flexibility index (Phi) is 24.3. The number of rotatable bonds is 3. The topological polar surface area (TPSA) is 0 Å². The van der Waals surface area contributed by atoms with Gasteiger partial charge in [-0.15, -0.1) is 5.92 Å². The molecule has 0 aromatic carbocycles. The van der Waals surface area contributed by atoms with Crippen LogP contribution < -0.4 is 0 Å². The number of hydrogen-bond donors (Lipinski definition) is 0. The van der Waals surface area contributed by atoms with Crippen LogP contribution in [0, 0.1) is 11.8 Å². The SMILES string of the molecule is C=C/C=C(C#CC)\C=C(/C)CC.CC.CF. The molecule has 16 heavy (non-hydrogen) atoms. The summed E-state index contributed by atoms with van der Waals surface area (Å²) in [6, 6.07) is 0. The monoisotopic (exact) mass is 224 g/mol. The number of allylic oxidation sites excluding steroid dienone is 5. The molecule has 0 amide bonds. The van der Waals surface area contributed by atoms with Crippen LogP contribution in [0.3, 0.4) is 0 Å². The van der Waals surface area contributed by atoms with Gasteiger partial charge in [0.15, 0.2) is 0 Å². The normalized spacial score (nSPS) is 9.69. The summed E-state index contributed by atoms with van der Waals surface area (Å²) in [5.41, 5.74) is 2.37. The average Bonchev–Trinajstić information content (AvgIpc) is 2.34. The Balaban J connectivity index is -0.000000376. The molecule has 92 valence electrons. The fourth-order valence-electron chi connectivity index (χ4n) is 0.765. The Bertz CT molecular complexity index is 259. The van der Waals surface area contributed by atoms with Crippen molar-refractivity contribution in [3.63, 3.8) is 0 Å². The van der Waals surface area contributed by atoms with Gasteiger partial charge in [0.2, 0.25) is 0 Å². The predicted molar refractivity (Wildman–Crippen MR) is 74.2 cm³/mol. The maximum absolute atomic E-state index is 9.50. The number of alkyl halides is 1. The molecule has 0 radical (unpaired) electrons. The minimum Gasteiger partial charge on any atom is -0.255 e.